The Bertz CT molecular complexity index is 269. The van der Waals surface area contributed by atoms with Gasteiger partial charge >= 0.3 is 23.9 Å². The van der Waals surface area contributed by atoms with Gasteiger partial charge in [0.2, 0.25) is 6.79 Å². The molecule has 0 saturated heterocycles. The molecule has 0 bridgehead atoms. The first kappa shape index (κ1) is 22.1. The summed E-state index contributed by atoms with van der Waals surface area (Å²) in [6.07, 6.45) is -0.312. The Morgan fingerprint density at radius 3 is 1.32 bits per heavy atom. The Labute approximate surface area is 112 Å². The van der Waals surface area contributed by atoms with Gasteiger partial charge in [-0.3, -0.25) is 19.2 Å². The average Bonchev–Trinajstić information content (AvgIpc) is 2.28. The summed E-state index contributed by atoms with van der Waals surface area (Å²) in [5.41, 5.74) is 0. The third-order valence-electron chi connectivity index (χ3n) is 1.27. The number of rotatable bonds is 4. The molecule has 19 heavy (non-hydrogen) atoms. The van der Waals surface area contributed by atoms with Gasteiger partial charge in [-0.05, 0) is 0 Å². The van der Waals surface area contributed by atoms with Gasteiger partial charge in [-0.1, -0.05) is 7.43 Å². The SMILES string of the molecule is C.CC(=O)OCOC(C)=O.COC(=O)CC(=O)OC. The molecular formula is C11H20O8. The molecule has 0 fully saturated rings. The molecule has 0 aliphatic carbocycles. The maximum absolute atomic E-state index is 10.3. The molecule has 0 spiro atoms. The Balaban J connectivity index is -0.000000256. The van der Waals surface area contributed by atoms with Gasteiger partial charge in [0.1, 0.15) is 6.42 Å². The molecule has 0 saturated carbocycles. The molecule has 0 amide bonds. The zero-order valence-electron chi connectivity index (χ0n) is 10.7. The normalized spacial score (nSPS) is 7.79. The van der Waals surface area contributed by atoms with Crippen molar-refractivity contribution < 1.29 is 38.1 Å². The van der Waals surface area contributed by atoms with Crippen molar-refractivity contribution in [1.29, 1.82) is 0 Å². The summed E-state index contributed by atoms with van der Waals surface area (Å²) in [5.74, 6) is -2.09. The first-order valence-electron chi connectivity index (χ1n) is 4.73. The van der Waals surface area contributed by atoms with E-state index in [1.54, 1.807) is 0 Å². The molecule has 0 rings (SSSR count). The topological polar surface area (TPSA) is 105 Å². The summed E-state index contributed by atoms with van der Waals surface area (Å²) in [6, 6.07) is 0. The number of esters is 4. The van der Waals surface area contributed by atoms with E-state index < -0.39 is 23.9 Å². The van der Waals surface area contributed by atoms with Crippen molar-refractivity contribution in [3.05, 3.63) is 0 Å². The van der Waals surface area contributed by atoms with E-state index in [1.165, 1.54) is 28.1 Å². The molecule has 0 heterocycles. The number of carbonyl (C=O) groups excluding carboxylic acids is 4. The molecule has 8 heteroatoms. The number of carbonyl (C=O) groups is 4. The molecule has 0 aromatic carbocycles. The van der Waals surface area contributed by atoms with Crippen LogP contribution in [-0.4, -0.2) is 44.9 Å². The Kier molecular flexibility index (Phi) is 16.2. The van der Waals surface area contributed by atoms with Crippen molar-refractivity contribution in [2.24, 2.45) is 0 Å². The highest BCUT2D eigenvalue weighted by Crippen LogP contribution is 1.85. The van der Waals surface area contributed by atoms with E-state index in [-0.39, 0.29) is 20.6 Å². The van der Waals surface area contributed by atoms with Crippen molar-refractivity contribution in [2.45, 2.75) is 27.7 Å². The minimum Gasteiger partial charge on any atom is -0.469 e. The highest BCUT2D eigenvalue weighted by molar-refractivity contribution is 5.90. The van der Waals surface area contributed by atoms with Gasteiger partial charge in [0.25, 0.3) is 0 Å². The first-order chi connectivity index (χ1) is 8.33. The minimum absolute atomic E-state index is 0. The van der Waals surface area contributed by atoms with E-state index in [4.69, 9.17) is 0 Å². The van der Waals surface area contributed by atoms with E-state index in [0.29, 0.717) is 0 Å². The summed E-state index contributed by atoms with van der Waals surface area (Å²) in [6.45, 7) is 2.19. The smallest absolute Gasteiger partial charge is 0.316 e. The molecule has 0 radical (unpaired) electrons. The predicted octanol–water partition coefficient (Wildman–Crippen LogP) is 0.429. The molecule has 0 unspecified atom stereocenters. The Morgan fingerprint density at radius 2 is 1.11 bits per heavy atom. The largest absolute Gasteiger partial charge is 0.469 e. The van der Waals surface area contributed by atoms with Gasteiger partial charge in [-0.2, -0.15) is 0 Å². The number of methoxy groups -OCH3 is 2. The van der Waals surface area contributed by atoms with Crippen molar-refractivity contribution in [1.82, 2.24) is 0 Å². The fourth-order valence-electron chi connectivity index (χ4n) is 0.458. The summed E-state index contributed by atoms with van der Waals surface area (Å²) in [5, 5.41) is 0. The second kappa shape index (κ2) is 13.9. The second-order valence-corrected chi connectivity index (χ2v) is 2.72. The van der Waals surface area contributed by atoms with Crippen molar-refractivity contribution in [3.63, 3.8) is 0 Å². The Hall–Kier alpha value is -2.12. The van der Waals surface area contributed by atoms with Crippen LogP contribution in [0.2, 0.25) is 0 Å². The molecular weight excluding hydrogens is 260 g/mol. The van der Waals surface area contributed by atoms with Gasteiger partial charge in [-0.25, -0.2) is 0 Å². The van der Waals surface area contributed by atoms with Crippen LogP contribution in [0.4, 0.5) is 0 Å². The zero-order chi connectivity index (χ0) is 14.6. The molecule has 0 N–H and O–H groups in total. The fourth-order valence-corrected chi connectivity index (χ4v) is 0.458. The Morgan fingerprint density at radius 1 is 0.789 bits per heavy atom. The molecule has 0 aliphatic rings. The van der Waals surface area contributed by atoms with Gasteiger partial charge in [0.15, 0.2) is 0 Å². The van der Waals surface area contributed by atoms with Crippen LogP contribution in [-0.2, 0) is 38.1 Å². The highest BCUT2D eigenvalue weighted by Gasteiger charge is 2.07. The maximum atomic E-state index is 10.3. The van der Waals surface area contributed by atoms with E-state index in [2.05, 4.69) is 18.9 Å². The third-order valence-corrected chi connectivity index (χ3v) is 1.27. The van der Waals surface area contributed by atoms with Crippen LogP contribution in [0, 0.1) is 0 Å². The van der Waals surface area contributed by atoms with Gasteiger partial charge in [-0.15, -0.1) is 0 Å². The minimum atomic E-state index is -0.582. The summed E-state index contributed by atoms with van der Waals surface area (Å²) < 4.78 is 16.9. The quantitative estimate of drug-likeness (QED) is 0.316. The van der Waals surface area contributed by atoms with E-state index >= 15 is 0 Å². The van der Waals surface area contributed by atoms with Crippen LogP contribution in [0.25, 0.3) is 0 Å². The van der Waals surface area contributed by atoms with Crippen LogP contribution < -0.4 is 0 Å². The lowest BCUT2D eigenvalue weighted by Crippen LogP contribution is -2.09. The highest BCUT2D eigenvalue weighted by atomic mass is 16.7. The fraction of sp³-hybridized carbons (Fsp3) is 0.636. The maximum Gasteiger partial charge on any atom is 0.316 e. The predicted molar refractivity (Wildman–Crippen MR) is 63.8 cm³/mol. The number of hydrogen-bond donors (Lipinski definition) is 0. The lowest BCUT2D eigenvalue weighted by Gasteiger charge is -1.99. The average molecular weight is 280 g/mol. The van der Waals surface area contributed by atoms with Crippen molar-refractivity contribution in [3.8, 4) is 0 Å². The molecule has 0 aliphatic heterocycles. The van der Waals surface area contributed by atoms with E-state index in [1.807, 2.05) is 0 Å². The first-order valence-corrected chi connectivity index (χ1v) is 4.73. The van der Waals surface area contributed by atoms with Gasteiger partial charge in [0, 0.05) is 13.8 Å². The molecule has 0 aromatic rings. The standard InChI is InChI=1S/2C5H8O4.CH4/c1-8-4(6)3-5(7)9-2;1-4(6)8-3-9-5(2)7;/h2*3H2,1-2H3;1H4. The molecule has 0 aromatic heterocycles. The lowest BCUT2D eigenvalue weighted by molar-refractivity contribution is -0.164. The van der Waals surface area contributed by atoms with Crippen LogP contribution >= 0.6 is 0 Å². The van der Waals surface area contributed by atoms with Crippen molar-refractivity contribution in [2.75, 3.05) is 21.0 Å². The monoisotopic (exact) mass is 280 g/mol. The van der Waals surface area contributed by atoms with Crippen molar-refractivity contribution >= 4 is 23.9 Å². The zero-order valence-corrected chi connectivity index (χ0v) is 10.7. The number of ether oxygens (including phenoxy) is 4. The summed E-state index contributed by atoms with van der Waals surface area (Å²) in [7, 11) is 2.43. The number of hydrogen-bond acceptors (Lipinski definition) is 8. The molecule has 112 valence electrons. The van der Waals surface area contributed by atoms with Crippen LogP contribution in [0.15, 0.2) is 0 Å². The summed E-state index contributed by atoms with van der Waals surface area (Å²) in [4.78, 5) is 40.5. The van der Waals surface area contributed by atoms with E-state index in [0.717, 1.165) is 0 Å². The van der Waals surface area contributed by atoms with Gasteiger partial charge in [0.05, 0.1) is 14.2 Å². The van der Waals surface area contributed by atoms with E-state index in [9.17, 15) is 19.2 Å². The molecule has 0 atom stereocenters. The van der Waals surface area contributed by atoms with Crippen LogP contribution in [0.3, 0.4) is 0 Å². The summed E-state index contributed by atoms with van der Waals surface area (Å²) >= 11 is 0. The second-order valence-electron chi connectivity index (χ2n) is 2.72. The van der Waals surface area contributed by atoms with Crippen LogP contribution in [0.5, 0.6) is 0 Å². The van der Waals surface area contributed by atoms with Gasteiger partial charge < -0.3 is 18.9 Å². The van der Waals surface area contributed by atoms with Crippen LogP contribution in [0.1, 0.15) is 27.7 Å². The third kappa shape index (κ3) is 21.7. The molecule has 8 nitrogen and oxygen atoms in total. The lowest BCUT2D eigenvalue weighted by atomic mass is 10.4.